The van der Waals surface area contributed by atoms with Gasteiger partial charge in [0.15, 0.2) is 0 Å². The Morgan fingerprint density at radius 1 is 1.00 bits per heavy atom. The molecule has 0 aliphatic rings. The van der Waals surface area contributed by atoms with Crippen LogP contribution in [-0.2, 0) is 0 Å². The summed E-state index contributed by atoms with van der Waals surface area (Å²) in [7, 11) is 0. The Morgan fingerprint density at radius 2 is 1.64 bits per heavy atom. The molecule has 0 aliphatic carbocycles. The first kappa shape index (κ1) is 18.7. The minimum Gasteiger partial charge on any atom is -0.390 e. The van der Waals surface area contributed by atoms with Crippen molar-refractivity contribution in [3.8, 4) is 0 Å². The third-order valence-corrected chi connectivity index (χ3v) is 3.57. The Balaban J connectivity index is 2.19. The average Bonchev–Trinajstić information content (AvgIpc) is 2.57. The van der Waals surface area contributed by atoms with E-state index in [2.05, 4.69) is 9.98 Å². The maximum absolute atomic E-state index is 13.3. The van der Waals surface area contributed by atoms with E-state index in [1.165, 1.54) is 36.7 Å². The van der Waals surface area contributed by atoms with Gasteiger partial charge in [-0.3, -0.25) is 0 Å². The lowest BCUT2D eigenvalue weighted by Crippen LogP contribution is -2.18. The van der Waals surface area contributed by atoms with Gasteiger partial charge in [-0.1, -0.05) is 48.0 Å². The molecule has 2 aromatic rings. The first-order valence-electron chi connectivity index (χ1n) is 7.26. The maximum atomic E-state index is 13.3. The van der Waals surface area contributed by atoms with Gasteiger partial charge in [0.25, 0.3) is 0 Å². The number of hydrogen-bond acceptors (Lipinski definition) is 1. The van der Waals surface area contributed by atoms with Crippen LogP contribution in [0.1, 0.15) is 17.0 Å². The van der Waals surface area contributed by atoms with E-state index < -0.39 is 12.1 Å². The molecule has 0 aliphatic heterocycles. The Labute approximate surface area is 148 Å². The normalized spacial score (nSPS) is 13.9. The molecule has 3 nitrogen and oxygen atoms in total. The molecule has 0 bridgehead atoms. The van der Waals surface area contributed by atoms with E-state index in [1.54, 1.807) is 24.3 Å². The van der Waals surface area contributed by atoms with Gasteiger partial charge in [-0.05, 0) is 35.4 Å². The molecule has 1 unspecified atom stereocenters. The van der Waals surface area contributed by atoms with Gasteiger partial charge < -0.3 is 5.73 Å². The lowest BCUT2D eigenvalue weighted by molar-refractivity contribution is -0.139. The largest absolute Gasteiger partial charge is 0.399 e. The smallest absolute Gasteiger partial charge is 0.390 e. The second kappa shape index (κ2) is 8.48. The zero-order chi connectivity index (χ0) is 18.3. The average molecular weight is 366 g/mol. The fourth-order valence-corrected chi connectivity index (χ4v) is 2.22. The van der Waals surface area contributed by atoms with Crippen LogP contribution in [0.3, 0.4) is 0 Å². The zero-order valence-electron chi connectivity index (χ0n) is 13.0. The van der Waals surface area contributed by atoms with Crippen LogP contribution in [0.25, 0.3) is 6.08 Å². The highest BCUT2D eigenvalue weighted by atomic mass is 35.5. The summed E-state index contributed by atoms with van der Waals surface area (Å²) in [6.07, 6.45) is 0.549. The van der Waals surface area contributed by atoms with Crippen molar-refractivity contribution >= 4 is 36.0 Å². The fourth-order valence-electron chi connectivity index (χ4n) is 2.10. The van der Waals surface area contributed by atoms with E-state index in [1.807, 2.05) is 0 Å². The zero-order valence-corrected chi connectivity index (χ0v) is 13.7. The second-order valence-corrected chi connectivity index (χ2v) is 5.50. The Morgan fingerprint density at radius 3 is 2.20 bits per heavy atom. The van der Waals surface area contributed by atoms with Gasteiger partial charge in [0.1, 0.15) is 6.34 Å². The van der Waals surface area contributed by atoms with Gasteiger partial charge in [-0.25, -0.2) is 9.98 Å². The van der Waals surface area contributed by atoms with E-state index in [4.69, 9.17) is 17.3 Å². The molecule has 2 aromatic carbocycles. The summed E-state index contributed by atoms with van der Waals surface area (Å²) in [4.78, 5) is 7.64. The number of rotatable bonds is 5. The molecule has 0 spiro atoms. The number of hydrogen-bond donors (Lipinski definition) is 1. The third-order valence-electron chi connectivity index (χ3n) is 3.32. The molecule has 0 heterocycles. The van der Waals surface area contributed by atoms with Crippen molar-refractivity contribution in [1.29, 1.82) is 0 Å². The van der Waals surface area contributed by atoms with Crippen molar-refractivity contribution < 1.29 is 13.2 Å². The first-order chi connectivity index (χ1) is 11.9. The van der Waals surface area contributed by atoms with E-state index in [9.17, 15) is 13.2 Å². The molecule has 2 N–H and O–H groups in total. The molecule has 0 saturated heterocycles. The van der Waals surface area contributed by atoms with Gasteiger partial charge in [0, 0.05) is 5.02 Å². The minimum absolute atomic E-state index is 0.133. The van der Waals surface area contributed by atoms with Gasteiger partial charge in [0.05, 0.1) is 17.9 Å². The van der Waals surface area contributed by atoms with Crippen LogP contribution in [-0.4, -0.2) is 18.9 Å². The maximum Gasteiger partial charge on any atom is 0.399 e. The second-order valence-electron chi connectivity index (χ2n) is 5.06. The van der Waals surface area contributed by atoms with E-state index in [0.717, 1.165) is 12.4 Å². The molecule has 130 valence electrons. The highest BCUT2D eigenvalue weighted by Crippen LogP contribution is 2.36. The SMILES string of the molecule is NC=NC=Nc1ccc(/C=C/C(c2ccc(Cl)cc2)C(F)(F)F)cc1. The standard InChI is InChI=1S/C18H15ClF3N3/c19-15-6-4-14(5-7-15)17(18(20,21)22)10-3-13-1-8-16(9-2-13)25-12-24-11-23/h1-12,17H,(H2,23,24,25)/b10-3+. The Kier molecular flexibility index (Phi) is 6.36. The predicted octanol–water partition coefficient (Wildman–Crippen LogP) is 5.35. The van der Waals surface area contributed by atoms with Crippen LogP contribution in [0.4, 0.5) is 18.9 Å². The molecule has 25 heavy (non-hydrogen) atoms. The summed E-state index contributed by atoms with van der Waals surface area (Å²) in [5.41, 5.74) is 6.47. The molecule has 1 atom stereocenters. The van der Waals surface area contributed by atoms with Crippen molar-refractivity contribution in [2.75, 3.05) is 0 Å². The highest BCUT2D eigenvalue weighted by Gasteiger charge is 2.38. The number of alkyl halides is 3. The molecular formula is C18H15ClF3N3. The van der Waals surface area contributed by atoms with Gasteiger partial charge in [-0.2, -0.15) is 13.2 Å². The number of allylic oxidation sites excluding steroid dienone is 1. The topological polar surface area (TPSA) is 50.7 Å². The van der Waals surface area contributed by atoms with Crippen LogP contribution < -0.4 is 5.73 Å². The number of nitrogens with zero attached hydrogens (tertiary/aromatic N) is 2. The third kappa shape index (κ3) is 5.76. The summed E-state index contributed by atoms with van der Waals surface area (Å²) in [6, 6.07) is 12.3. The molecule has 7 heteroatoms. The van der Waals surface area contributed by atoms with E-state index in [-0.39, 0.29) is 5.56 Å². The lowest BCUT2D eigenvalue weighted by atomic mass is 9.97. The summed E-state index contributed by atoms with van der Waals surface area (Å²) in [6.45, 7) is 0. The van der Waals surface area contributed by atoms with E-state index >= 15 is 0 Å². The van der Waals surface area contributed by atoms with Crippen molar-refractivity contribution in [3.05, 3.63) is 70.8 Å². The van der Waals surface area contributed by atoms with Gasteiger partial charge in [0.2, 0.25) is 0 Å². The summed E-state index contributed by atoms with van der Waals surface area (Å²) < 4.78 is 40.0. The summed E-state index contributed by atoms with van der Waals surface area (Å²) in [5.74, 6) is -1.71. The first-order valence-corrected chi connectivity index (χ1v) is 7.64. The van der Waals surface area contributed by atoms with Crippen molar-refractivity contribution in [3.63, 3.8) is 0 Å². The van der Waals surface area contributed by atoms with Crippen molar-refractivity contribution in [2.24, 2.45) is 15.7 Å². The quantitative estimate of drug-likeness (QED) is 0.563. The summed E-state index contributed by atoms with van der Waals surface area (Å²) in [5, 5.41) is 0.392. The molecular weight excluding hydrogens is 351 g/mol. The van der Waals surface area contributed by atoms with Crippen LogP contribution in [0.15, 0.2) is 64.6 Å². The summed E-state index contributed by atoms with van der Waals surface area (Å²) >= 11 is 5.74. The van der Waals surface area contributed by atoms with Gasteiger partial charge >= 0.3 is 6.18 Å². The highest BCUT2D eigenvalue weighted by molar-refractivity contribution is 6.30. The van der Waals surface area contributed by atoms with Crippen LogP contribution in [0.5, 0.6) is 0 Å². The minimum atomic E-state index is -4.39. The molecule has 0 amide bonds. The van der Waals surface area contributed by atoms with Gasteiger partial charge in [-0.15, -0.1) is 0 Å². The van der Waals surface area contributed by atoms with Crippen LogP contribution in [0, 0.1) is 0 Å². The monoisotopic (exact) mass is 365 g/mol. The van der Waals surface area contributed by atoms with Crippen LogP contribution in [0.2, 0.25) is 5.02 Å². The number of halogens is 4. The fraction of sp³-hybridized carbons (Fsp3) is 0.111. The Hall–Kier alpha value is -2.60. The molecule has 2 rings (SSSR count). The van der Waals surface area contributed by atoms with Crippen molar-refractivity contribution in [2.45, 2.75) is 12.1 Å². The lowest BCUT2D eigenvalue weighted by Gasteiger charge is -2.17. The molecule has 0 aromatic heterocycles. The van der Waals surface area contributed by atoms with Crippen molar-refractivity contribution in [1.82, 2.24) is 0 Å². The number of benzene rings is 2. The van der Waals surface area contributed by atoms with Crippen LogP contribution >= 0.6 is 11.6 Å². The Bertz CT molecular complexity index is 764. The number of nitrogens with two attached hydrogens (primary N) is 1. The molecule has 0 saturated carbocycles. The molecule has 0 radical (unpaired) electrons. The van der Waals surface area contributed by atoms with E-state index in [0.29, 0.717) is 16.3 Å². The predicted molar refractivity (Wildman–Crippen MR) is 96.6 cm³/mol. The molecule has 0 fully saturated rings. The number of aliphatic imine (C=N–C) groups is 2.